The second-order valence-electron chi connectivity index (χ2n) is 22.0. The summed E-state index contributed by atoms with van der Waals surface area (Å²) in [6.07, 6.45) is 73.9. The van der Waals surface area contributed by atoms with Crippen LogP contribution in [0.25, 0.3) is 0 Å². The van der Waals surface area contributed by atoms with Crippen molar-refractivity contribution in [2.75, 3.05) is 13.2 Å². The smallest absolute Gasteiger partial charge is 0.306 e. The third-order valence-corrected chi connectivity index (χ3v) is 14.7. The monoisotopic (exact) mass is 1010 g/mol. The highest BCUT2D eigenvalue weighted by molar-refractivity contribution is 5.71. The van der Waals surface area contributed by atoms with E-state index in [-0.39, 0.29) is 31.1 Å². The van der Waals surface area contributed by atoms with E-state index in [9.17, 15) is 14.4 Å². The highest BCUT2D eigenvalue weighted by Crippen LogP contribution is 2.18. The summed E-state index contributed by atoms with van der Waals surface area (Å²) in [5, 5.41) is 0. The highest BCUT2D eigenvalue weighted by Gasteiger charge is 2.19. The Morgan fingerprint density at radius 1 is 0.278 bits per heavy atom. The topological polar surface area (TPSA) is 78.9 Å². The number of hydrogen-bond donors (Lipinski definition) is 0. The molecule has 0 heterocycles. The molecule has 0 aromatic heterocycles. The molecule has 1 atom stereocenters. The lowest BCUT2D eigenvalue weighted by atomic mass is 10.0. The van der Waals surface area contributed by atoms with E-state index in [1.807, 2.05) is 0 Å². The number of unbranched alkanes of at least 4 members (excludes halogenated alkanes) is 45. The molecule has 0 bridgehead atoms. The van der Waals surface area contributed by atoms with Gasteiger partial charge in [0, 0.05) is 19.3 Å². The van der Waals surface area contributed by atoms with Gasteiger partial charge in [-0.25, -0.2) is 0 Å². The molecule has 0 fully saturated rings. The van der Waals surface area contributed by atoms with Gasteiger partial charge in [-0.3, -0.25) is 14.4 Å². The predicted octanol–water partition coefficient (Wildman–Crippen LogP) is 21.8. The third-order valence-electron chi connectivity index (χ3n) is 14.7. The van der Waals surface area contributed by atoms with E-state index in [1.165, 1.54) is 257 Å². The Morgan fingerprint density at radius 2 is 0.500 bits per heavy atom. The molecule has 6 heteroatoms. The lowest BCUT2D eigenvalue weighted by Gasteiger charge is -2.18. The van der Waals surface area contributed by atoms with Gasteiger partial charge >= 0.3 is 17.9 Å². The second kappa shape index (κ2) is 61.4. The summed E-state index contributed by atoms with van der Waals surface area (Å²) in [7, 11) is 0. The molecule has 0 saturated heterocycles. The van der Waals surface area contributed by atoms with Crippen LogP contribution in [0.4, 0.5) is 0 Å². The van der Waals surface area contributed by atoms with Gasteiger partial charge in [-0.15, -0.1) is 0 Å². The van der Waals surface area contributed by atoms with Gasteiger partial charge in [0.05, 0.1) is 0 Å². The molecule has 0 N–H and O–H groups in total. The van der Waals surface area contributed by atoms with E-state index >= 15 is 0 Å². The molecule has 0 spiro atoms. The molecule has 1 unspecified atom stereocenters. The summed E-state index contributed by atoms with van der Waals surface area (Å²) in [5.74, 6) is -0.849. The number of rotatable bonds is 60. The Balaban J connectivity index is 3.86. The number of hydrogen-bond acceptors (Lipinski definition) is 6. The maximum Gasteiger partial charge on any atom is 0.306 e. The van der Waals surface area contributed by atoms with Crippen molar-refractivity contribution in [1.82, 2.24) is 0 Å². The maximum atomic E-state index is 12.8. The summed E-state index contributed by atoms with van der Waals surface area (Å²) < 4.78 is 16.8. The largest absolute Gasteiger partial charge is 0.462 e. The Hall–Kier alpha value is -2.11. The van der Waals surface area contributed by atoms with E-state index in [0.717, 1.165) is 64.2 Å². The van der Waals surface area contributed by atoms with E-state index < -0.39 is 6.10 Å². The van der Waals surface area contributed by atoms with Gasteiger partial charge in [0.25, 0.3) is 0 Å². The van der Waals surface area contributed by atoms with Crippen LogP contribution in [0.2, 0.25) is 0 Å². The van der Waals surface area contributed by atoms with Gasteiger partial charge in [-0.1, -0.05) is 315 Å². The van der Waals surface area contributed by atoms with Crippen LogP contribution in [0.1, 0.15) is 361 Å². The van der Waals surface area contributed by atoms with Crippen molar-refractivity contribution >= 4 is 17.9 Å². The Labute approximate surface area is 449 Å². The molecule has 6 nitrogen and oxygen atoms in total. The SMILES string of the molecule is CCCCCCC/C=C\C/C=C\CCCCCCCCCCCCCCCCCCCCCCCCCC(=O)OCC(COC(=O)CCCCCCCCC)OC(=O)CCCCCCCCCCCCCC. The van der Waals surface area contributed by atoms with E-state index in [4.69, 9.17) is 14.2 Å². The molecule has 72 heavy (non-hydrogen) atoms. The first kappa shape index (κ1) is 69.9. The standard InChI is InChI=1S/C66H124O6/c1-4-7-10-13-16-18-20-22-23-24-25-26-27-28-29-30-31-32-33-34-35-36-37-38-39-40-41-42-43-44-46-47-50-53-56-59-65(68)71-62-63(61-70-64(67)58-55-52-49-15-12-9-6-3)72-66(69)60-57-54-51-48-45-21-19-17-14-11-8-5-2/h20,22,24-25,63H,4-19,21,23,26-62H2,1-3H3/b22-20-,25-24-. The zero-order valence-electron chi connectivity index (χ0n) is 48.7. The minimum atomic E-state index is -0.762. The molecule has 0 amide bonds. The third kappa shape index (κ3) is 58.8. The first-order valence-electron chi connectivity index (χ1n) is 32.3. The number of allylic oxidation sites excluding steroid dienone is 4. The van der Waals surface area contributed by atoms with Gasteiger partial charge in [0.1, 0.15) is 13.2 Å². The normalized spacial score (nSPS) is 12.1. The Kier molecular flexibility index (Phi) is 59.6. The number of ether oxygens (including phenoxy) is 3. The number of carbonyl (C=O) groups excluding carboxylic acids is 3. The van der Waals surface area contributed by atoms with Crippen LogP contribution in [0.5, 0.6) is 0 Å². The molecule has 0 saturated carbocycles. The van der Waals surface area contributed by atoms with Crippen molar-refractivity contribution in [2.24, 2.45) is 0 Å². The summed E-state index contributed by atoms with van der Waals surface area (Å²) in [4.78, 5) is 37.9. The molecular weight excluding hydrogens is 889 g/mol. The molecule has 0 aromatic carbocycles. The minimum Gasteiger partial charge on any atom is -0.462 e. The lowest BCUT2D eigenvalue weighted by Crippen LogP contribution is -2.30. The first-order valence-corrected chi connectivity index (χ1v) is 32.3. The number of carbonyl (C=O) groups is 3. The average Bonchev–Trinajstić information content (AvgIpc) is 3.38. The van der Waals surface area contributed by atoms with Crippen LogP contribution in [-0.4, -0.2) is 37.2 Å². The van der Waals surface area contributed by atoms with E-state index in [0.29, 0.717) is 19.3 Å². The fourth-order valence-corrected chi connectivity index (χ4v) is 9.83. The molecule has 0 aliphatic carbocycles. The van der Waals surface area contributed by atoms with Crippen LogP contribution in [-0.2, 0) is 28.6 Å². The average molecular weight is 1010 g/mol. The molecule has 0 aromatic rings. The van der Waals surface area contributed by atoms with Gasteiger partial charge in [0.15, 0.2) is 6.10 Å². The second-order valence-corrected chi connectivity index (χ2v) is 22.0. The fourth-order valence-electron chi connectivity index (χ4n) is 9.83. The first-order chi connectivity index (χ1) is 35.5. The van der Waals surface area contributed by atoms with Crippen LogP contribution >= 0.6 is 0 Å². The Morgan fingerprint density at radius 3 is 0.764 bits per heavy atom. The van der Waals surface area contributed by atoms with Crippen molar-refractivity contribution in [3.8, 4) is 0 Å². The number of esters is 3. The summed E-state index contributed by atoms with van der Waals surface area (Å²) in [5.41, 5.74) is 0. The predicted molar refractivity (Wildman–Crippen MR) is 312 cm³/mol. The van der Waals surface area contributed by atoms with Crippen molar-refractivity contribution in [1.29, 1.82) is 0 Å². The van der Waals surface area contributed by atoms with Crippen LogP contribution < -0.4 is 0 Å². The minimum absolute atomic E-state index is 0.0642. The lowest BCUT2D eigenvalue weighted by molar-refractivity contribution is -0.167. The molecule has 424 valence electrons. The molecule has 0 aliphatic rings. The molecule has 0 rings (SSSR count). The summed E-state index contributed by atoms with van der Waals surface area (Å²) in [6.45, 7) is 6.63. The van der Waals surface area contributed by atoms with Gasteiger partial charge < -0.3 is 14.2 Å². The summed E-state index contributed by atoms with van der Waals surface area (Å²) in [6, 6.07) is 0. The van der Waals surface area contributed by atoms with Crippen LogP contribution in [0.15, 0.2) is 24.3 Å². The molecular formula is C66H124O6. The van der Waals surface area contributed by atoms with E-state index in [2.05, 4.69) is 45.1 Å². The molecule has 0 aliphatic heterocycles. The maximum absolute atomic E-state index is 12.8. The van der Waals surface area contributed by atoms with Crippen molar-refractivity contribution in [3.05, 3.63) is 24.3 Å². The van der Waals surface area contributed by atoms with Crippen molar-refractivity contribution in [3.63, 3.8) is 0 Å². The fraction of sp³-hybridized carbons (Fsp3) is 0.894. The zero-order valence-corrected chi connectivity index (χ0v) is 48.7. The zero-order chi connectivity index (χ0) is 52.2. The highest BCUT2D eigenvalue weighted by atomic mass is 16.6. The summed E-state index contributed by atoms with van der Waals surface area (Å²) >= 11 is 0. The van der Waals surface area contributed by atoms with Crippen molar-refractivity contribution in [2.45, 2.75) is 367 Å². The van der Waals surface area contributed by atoms with Gasteiger partial charge in [-0.05, 0) is 51.4 Å². The van der Waals surface area contributed by atoms with Crippen LogP contribution in [0.3, 0.4) is 0 Å². The van der Waals surface area contributed by atoms with E-state index in [1.54, 1.807) is 0 Å². The quantitative estimate of drug-likeness (QED) is 0.0261. The van der Waals surface area contributed by atoms with Gasteiger partial charge in [-0.2, -0.15) is 0 Å². The van der Waals surface area contributed by atoms with Crippen LogP contribution in [0, 0.1) is 0 Å². The van der Waals surface area contributed by atoms with Gasteiger partial charge in [0.2, 0.25) is 0 Å². The van der Waals surface area contributed by atoms with Crippen molar-refractivity contribution < 1.29 is 28.6 Å². The Bertz CT molecular complexity index is 1160. The molecule has 0 radical (unpaired) electrons.